The Morgan fingerprint density at radius 3 is 2.30 bits per heavy atom. The van der Waals surface area contributed by atoms with Gasteiger partial charge in [-0.15, -0.1) is 0 Å². The van der Waals surface area contributed by atoms with E-state index in [2.05, 4.69) is 20.9 Å². The van der Waals surface area contributed by atoms with E-state index in [1.54, 1.807) is 0 Å². The van der Waals surface area contributed by atoms with E-state index in [1.165, 1.54) is 0 Å². The Morgan fingerprint density at radius 1 is 1.25 bits per heavy atom. The third-order valence-electron chi connectivity index (χ3n) is 2.56. The standard InChI is InChI=1S/C12H7BrF2N2O3/c1-5(18)7-4-16-12(20)17(11(7)19)10-8(14)2-6(13)3-9(10)15/h2-4H,1H3,(H,16,20). The fourth-order valence-corrected chi connectivity index (χ4v) is 2.08. The van der Waals surface area contributed by atoms with Crippen LogP contribution in [0.15, 0.2) is 32.4 Å². The molecule has 1 aromatic heterocycles. The van der Waals surface area contributed by atoms with Crippen LogP contribution in [-0.4, -0.2) is 15.3 Å². The number of aromatic amines is 1. The number of ketones is 1. The van der Waals surface area contributed by atoms with Crippen molar-refractivity contribution in [3.8, 4) is 5.69 Å². The van der Waals surface area contributed by atoms with Gasteiger partial charge in [-0.05, 0) is 19.1 Å². The lowest BCUT2D eigenvalue weighted by atomic mass is 10.2. The molecule has 0 saturated heterocycles. The molecule has 0 aliphatic heterocycles. The molecule has 20 heavy (non-hydrogen) atoms. The van der Waals surface area contributed by atoms with Gasteiger partial charge in [0.15, 0.2) is 17.4 Å². The molecule has 2 aromatic rings. The van der Waals surface area contributed by atoms with Crippen molar-refractivity contribution in [1.82, 2.24) is 9.55 Å². The van der Waals surface area contributed by atoms with E-state index in [-0.39, 0.29) is 14.6 Å². The molecule has 0 aliphatic carbocycles. The Labute approximate surface area is 119 Å². The van der Waals surface area contributed by atoms with Crippen LogP contribution in [0.3, 0.4) is 0 Å². The van der Waals surface area contributed by atoms with E-state index in [4.69, 9.17) is 0 Å². The number of carbonyl (C=O) groups excluding carboxylic acids is 1. The van der Waals surface area contributed by atoms with E-state index in [1.807, 2.05) is 0 Å². The number of benzene rings is 1. The zero-order valence-electron chi connectivity index (χ0n) is 10.0. The number of carbonyl (C=O) groups is 1. The molecule has 1 aromatic carbocycles. The number of halogens is 3. The molecule has 0 aliphatic rings. The quantitative estimate of drug-likeness (QED) is 0.844. The molecule has 8 heteroatoms. The third kappa shape index (κ3) is 2.34. The molecule has 0 radical (unpaired) electrons. The van der Waals surface area contributed by atoms with E-state index >= 15 is 0 Å². The van der Waals surface area contributed by atoms with Gasteiger partial charge in [0.25, 0.3) is 5.56 Å². The highest BCUT2D eigenvalue weighted by Gasteiger charge is 2.19. The summed E-state index contributed by atoms with van der Waals surface area (Å²) in [6.07, 6.45) is 0.915. The molecule has 104 valence electrons. The van der Waals surface area contributed by atoms with E-state index in [0.717, 1.165) is 25.3 Å². The lowest BCUT2D eigenvalue weighted by Crippen LogP contribution is -2.37. The van der Waals surface area contributed by atoms with Crippen molar-refractivity contribution >= 4 is 21.7 Å². The minimum absolute atomic E-state index is 0.114. The Morgan fingerprint density at radius 2 is 1.80 bits per heavy atom. The lowest BCUT2D eigenvalue weighted by molar-refractivity contribution is 0.101. The molecule has 2 rings (SSSR count). The van der Waals surface area contributed by atoms with Gasteiger partial charge in [0.2, 0.25) is 0 Å². The van der Waals surface area contributed by atoms with Gasteiger partial charge in [-0.2, -0.15) is 0 Å². The highest BCUT2D eigenvalue weighted by molar-refractivity contribution is 9.10. The maximum atomic E-state index is 13.8. The third-order valence-corrected chi connectivity index (χ3v) is 3.02. The van der Waals surface area contributed by atoms with Crippen LogP contribution >= 0.6 is 15.9 Å². The maximum absolute atomic E-state index is 13.8. The number of rotatable bonds is 2. The number of Topliss-reactive ketones (excluding diaryl/α,β-unsaturated/α-hetero) is 1. The number of nitrogens with one attached hydrogen (secondary N) is 1. The zero-order valence-corrected chi connectivity index (χ0v) is 11.6. The second-order valence-corrected chi connectivity index (χ2v) is 4.84. The van der Waals surface area contributed by atoms with Gasteiger partial charge in [-0.25, -0.2) is 18.1 Å². The molecule has 0 bridgehead atoms. The second kappa shape index (κ2) is 5.12. The largest absolute Gasteiger partial charge is 0.333 e. The van der Waals surface area contributed by atoms with E-state index in [9.17, 15) is 23.2 Å². The Kier molecular flexibility index (Phi) is 3.67. The molecule has 0 saturated carbocycles. The van der Waals surface area contributed by atoms with E-state index in [0.29, 0.717) is 0 Å². The SMILES string of the molecule is CC(=O)c1c[nH]c(=O)n(-c2c(F)cc(Br)cc2F)c1=O. The van der Waals surface area contributed by atoms with Crippen molar-refractivity contribution in [1.29, 1.82) is 0 Å². The summed E-state index contributed by atoms with van der Waals surface area (Å²) in [7, 11) is 0. The van der Waals surface area contributed by atoms with Crippen molar-refractivity contribution < 1.29 is 13.6 Å². The first-order valence-electron chi connectivity index (χ1n) is 5.33. The van der Waals surface area contributed by atoms with Crippen molar-refractivity contribution in [2.24, 2.45) is 0 Å². The number of H-pyrrole nitrogens is 1. The van der Waals surface area contributed by atoms with Crippen molar-refractivity contribution in [2.75, 3.05) is 0 Å². The predicted molar refractivity (Wildman–Crippen MR) is 70.3 cm³/mol. The highest BCUT2D eigenvalue weighted by Crippen LogP contribution is 2.20. The Bertz CT molecular complexity index is 803. The summed E-state index contributed by atoms with van der Waals surface area (Å²) in [5.74, 6) is -2.84. The molecule has 1 heterocycles. The normalized spacial score (nSPS) is 10.6. The van der Waals surface area contributed by atoms with Crippen molar-refractivity contribution in [2.45, 2.75) is 6.92 Å². The van der Waals surface area contributed by atoms with Crippen LogP contribution in [0.5, 0.6) is 0 Å². The Balaban J connectivity index is 2.91. The molecule has 0 atom stereocenters. The first-order valence-corrected chi connectivity index (χ1v) is 6.13. The molecule has 5 nitrogen and oxygen atoms in total. The molecule has 0 amide bonds. The summed E-state index contributed by atoms with van der Waals surface area (Å²) in [5, 5.41) is 0. The number of hydrogen-bond acceptors (Lipinski definition) is 3. The van der Waals surface area contributed by atoms with Gasteiger partial charge in [-0.1, -0.05) is 15.9 Å². The summed E-state index contributed by atoms with van der Waals surface area (Å²) < 4.78 is 28.0. The van der Waals surface area contributed by atoms with Crippen LogP contribution in [0.4, 0.5) is 8.78 Å². The summed E-state index contributed by atoms with van der Waals surface area (Å²) in [5.41, 5.74) is -3.32. The topological polar surface area (TPSA) is 71.9 Å². The number of nitrogens with zero attached hydrogens (tertiary/aromatic N) is 1. The van der Waals surface area contributed by atoms with Gasteiger partial charge in [-0.3, -0.25) is 9.59 Å². The summed E-state index contributed by atoms with van der Waals surface area (Å²) in [6, 6.07) is 1.81. The monoisotopic (exact) mass is 344 g/mol. The molecule has 1 N–H and O–H groups in total. The van der Waals surface area contributed by atoms with Crippen molar-refractivity contribution in [3.63, 3.8) is 0 Å². The van der Waals surface area contributed by atoms with Gasteiger partial charge >= 0.3 is 5.69 Å². The molecule has 0 unspecified atom stereocenters. The number of hydrogen-bond donors (Lipinski definition) is 1. The van der Waals surface area contributed by atoms with E-state index < -0.39 is 34.4 Å². The van der Waals surface area contributed by atoms with Crippen LogP contribution in [0.25, 0.3) is 5.69 Å². The molecule has 0 fully saturated rings. The lowest BCUT2D eigenvalue weighted by Gasteiger charge is -2.08. The first kappa shape index (κ1) is 14.3. The van der Waals surface area contributed by atoms with Crippen molar-refractivity contribution in [3.05, 3.63) is 60.8 Å². The minimum Gasteiger partial charge on any atom is -0.313 e. The second-order valence-electron chi connectivity index (χ2n) is 3.92. The van der Waals surface area contributed by atoms with Gasteiger partial charge < -0.3 is 4.98 Å². The van der Waals surface area contributed by atoms with Gasteiger partial charge in [0.05, 0.1) is 5.56 Å². The molecular weight excluding hydrogens is 338 g/mol. The van der Waals surface area contributed by atoms with Crippen LogP contribution in [0.1, 0.15) is 17.3 Å². The summed E-state index contributed by atoms with van der Waals surface area (Å²) in [4.78, 5) is 37.0. The molecular formula is C12H7BrF2N2O3. The zero-order chi connectivity index (χ0) is 15.0. The Hall–Kier alpha value is -2.09. The average molecular weight is 345 g/mol. The predicted octanol–water partition coefficient (Wildman–Crippen LogP) is 1.77. The fourth-order valence-electron chi connectivity index (χ4n) is 1.68. The van der Waals surface area contributed by atoms with Crippen LogP contribution < -0.4 is 11.2 Å². The fraction of sp³-hybridized carbons (Fsp3) is 0.0833. The van der Waals surface area contributed by atoms with Gasteiger partial charge in [0.1, 0.15) is 5.69 Å². The highest BCUT2D eigenvalue weighted by atomic mass is 79.9. The van der Waals surface area contributed by atoms with Gasteiger partial charge in [0, 0.05) is 10.7 Å². The summed E-state index contributed by atoms with van der Waals surface area (Å²) >= 11 is 2.89. The summed E-state index contributed by atoms with van der Waals surface area (Å²) in [6.45, 7) is 1.10. The smallest absolute Gasteiger partial charge is 0.313 e. The minimum atomic E-state index is -1.11. The first-order chi connectivity index (χ1) is 9.32. The average Bonchev–Trinajstić information content (AvgIpc) is 2.31. The number of aromatic nitrogens is 2. The van der Waals surface area contributed by atoms with Crippen LogP contribution in [0.2, 0.25) is 0 Å². The van der Waals surface area contributed by atoms with Crippen LogP contribution in [0, 0.1) is 11.6 Å². The molecule has 0 spiro atoms. The maximum Gasteiger partial charge on any atom is 0.333 e. The van der Waals surface area contributed by atoms with Crippen LogP contribution in [-0.2, 0) is 0 Å².